The van der Waals surface area contributed by atoms with E-state index in [0.29, 0.717) is 29.9 Å². The van der Waals surface area contributed by atoms with E-state index >= 15 is 0 Å². The molecule has 6 nitrogen and oxygen atoms in total. The highest BCUT2D eigenvalue weighted by Crippen LogP contribution is 2.24. The first-order valence-electron chi connectivity index (χ1n) is 9.46. The minimum Gasteiger partial charge on any atom is -0.461 e. The lowest BCUT2D eigenvalue weighted by Crippen LogP contribution is -2.60. The Kier molecular flexibility index (Phi) is 5.81. The van der Waals surface area contributed by atoms with Crippen molar-refractivity contribution in [3.05, 3.63) is 30.2 Å². The first-order chi connectivity index (χ1) is 12.4. The molecule has 0 bridgehead atoms. The molecule has 2 atom stereocenters. The van der Waals surface area contributed by atoms with Crippen LogP contribution in [0.25, 0.3) is 11.5 Å². The predicted octanol–water partition coefficient (Wildman–Crippen LogP) is 3.70. The van der Waals surface area contributed by atoms with Gasteiger partial charge in [0.2, 0.25) is 11.7 Å². The lowest BCUT2D eigenvalue weighted by atomic mass is 9.95. The molecule has 0 spiro atoms. The average molecular weight is 359 g/mol. The maximum absolute atomic E-state index is 12.7. The third-order valence-electron chi connectivity index (χ3n) is 4.68. The molecule has 0 unspecified atom stereocenters. The molecule has 2 aromatic heterocycles. The van der Waals surface area contributed by atoms with Gasteiger partial charge in [0.15, 0.2) is 5.76 Å². The van der Waals surface area contributed by atoms with Crippen molar-refractivity contribution in [1.82, 2.24) is 15.4 Å². The minimum atomic E-state index is -0.123. The molecule has 1 aliphatic rings. The molecule has 3 rings (SSSR count). The van der Waals surface area contributed by atoms with Crippen LogP contribution in [0.2, 0.25) is 0 Å². The van der Waals surface area contributed by atoms with Gasteiger partial charge in [0.1, 0.15) is 0 Å². The third kappa shape index (κ3) is 4.55. The summed E-state index contributed by atoms with van der Waals surface area (Å²) in [6.07, 6.45) is 3.43. The number of furan rings is 1. The van der Waals surface area contributed by atoms with Gasteiger partial charge >= 0.3 is 0 Å². The molecule has 6 heteroatoms. The molecule has 1 aliphatic heterocycles. The standard InChI is InChI=1S/C20H29N3O3/c1-13(2)8-15-11-23(17(9-14(3)4)20(24)21-15)12-16-10-19(26-22-16)18-6-5-7-25-18/h5-7,10,13-15,17H,8-9,11-12H2,1-4H3,(H,21,24)/t15-,17-/m0/s1. The summed E-state index contributed by atoms with van der Waals surface area (Å²) in [5.41, 5.74) is 0.822. The van der Waals surface area contributed by atoms with Crippen molar-refractivity contribution in [2.75, 3.05) is 6.54 Å². The fraction of sp³-hybridized carbons (Fsp3) is 0.600. The molecule has 0 radical (unpaired) electrons. The average Bonchev–Trinajstić information content (AvgIpc) is 3.21. The van der Waals surface area contributed by atoms with Gasteiger partial charge in [-0.15, -0.1) is 0 Å². The Morgan fingerprint density at radius 3 is 2.65 bits per heavy atom. The van der Waals surface area contributed by atoms with E-state index in [1.165, 1.54) is 0 Å². The molecule has 0 aliphatic carbocycles. The molecule has 26 heavy (non-hydrogen) atoms. The molecule has 1 fully saturated rings. The van der Waals surface area contributed by atoms with Crippen LogP contribution in [-0.2, 0) is 11.3 Å². The number of nitrogens with zero attached hydrogens (tertiary/aromatic N) is 2. The maximum atomic E-state index is 12.7. The summed E-state index contributed by atoms with van der Waals surface area (Å²) in [6.45, 7) is 10.1. The number of hydrogen-bond acceptors (Lipinski definition) is 5. The second-order valence-electron chi connectivity index (χ2n) is 8.07. The summed E-state index contributed by atoms with van der Waals surface area (Å²) in [5.74, 6) is 2.40. The van der Waals surface area contributed by atoms with Gasteiger partial charge in [-0.2, -0.15) is 0 Å². The fourth-order valence-corrected chi connectivity index (χ4v) is 3.63. The second kappa shape index (κ2) is 8.08. The summed E-state index contributed by atoms with van der Waals surface area (Å²) in [5, 5.41) is 7.39. The summed E-state index contributed by atoms with van der Waals surface area (Å²) in [4.78, 5) is 14.9. The van der Waals surface area contributed by atoms with Crippen LogP contribution in [0.15, 0.2) is 33.4 Å². The van der Waals surface area contributed by atoms with Gasteiger partial charge in [0.05, 0.1) is 18.0 Å². The van der Waals surface area contributed by atoms with Crippen LogP contribution in [0.5, 0.6) is 0 Å². The van der Waals surface area contributed by atoms with Crippen LogP contribution in [0.4, 0.5) is 0 Å². The SMILES string of the molecule is CC(C)C[C@H]1CN(Cc2cc(-c3ccco3)on2)[C@@H](CC(C)C)C(=O)N1. The normalized spacial score (nSPS) is 21.5. The number of hydrogen-bond donors (Lipinski definition) is 1. The molecule has 2 aromatic rings. The number of carbonyl (C=O) groups is 1. The number of aromatic nitrogens is 1. The van der Waals surface area contributed by atoms with Crippen molar-refractivity contribution in [3.63, 3.8) is 0 Å². The zero-order valence-corrected chi connectivity index (χ0v) is 16.1. The van der Waals surface area contributed by atoms with Crippen LogP contribution >= 0.6 is 0 Å². The van der Waals surface area contributed by atoms with Crippen LogP contribution < -0.4 is 5.32 Å². The number of carbonyl (C=O) groups excluding carboxylic acids is 1. The summed E-state index contributed by atoms with van der Waals surface area (Å²) in [6, 6.07) is 5.63. The van der Waals surface area contributed by atoms with Crippen molar-refractivity contribution < 1.29 is 13.7 Å². The highest BCUT2D eigenvalue weighted by Gasteiger charge is 2.35. The number of rotatable bonds is 7. The van der Waals surface area contributed by atoms with E-state index in [1.807, 2.05) is 18.2 Å². The quantitative estimate of drug-likeness (QED) is 0.816. The Labute approximate surface area is 154 Å². The highest BCUT2D eigenvalue weighted by molar-refractivity contribution is 5.82. The van der Waals surface area contributed by atoms with Gasteiger partial charge in [-0.05, 0) is 36.8 Å². The molecular formula is C20H29N3O3. The van der Waals surface area contributed by atoms with Crippen molar-refractivity contribution in [1.29, 1.82) is 0 Å². The fourth-order valence-electron chi connectivity index (χ4n) is 3.63. The largest absolute Gasteiger partial charge is 0.461 e. The zero-order valence-electron chi connectivity index (χ0n) is 16.1. The second-order valence-corrected chi connectivity index (χ2v) is 8.07. The maximum Gasteiger partial charge on any atom is 0.237 e. The van der Waals surface area contributed by atoms with Crippen LogP contribution in [0.1, 0.15) is 46.2 Å². The molecule has 0 aromatic carbocycles. The van der Waals surface area contributed by atoms with Gasteiger partial charge in [-0.25, -0.2) is 0 Å². The van der Waals surface area contributed by atoms with Gasteiger partial charge in [-0.1, -0.05) is 32.9 Å². The lowest BCUT2D eigenvalue weighted by Gasteiger charge is -2.40. The summed E-state index contributed by atoms with van der Waals surface area (Å²) >= 11 is 0. The van der Waals surface area contributed by atoms with Gasteiger partial charge in [0.25, 0.3) is 0 Å². The number of nitrogens with one attached hydrogen (secondary N) is 1. The Hall–Kier alpha value is -2.08. The predicted molar refractivity (Wildman–Crippen MR) is 99.2 cm³/mol. The lowest BCUT2D eigenvalue weighted by molar-refractivity contribution is -0.132. The first kappa shape index (κ1) is 18.7. The first-order valence-corrected chi connectivity index (χ1v) is 9.46. The summed E-state index contributed by atoms with van der Waals surface area (Å²) in [7, 11) is 0. The zero-order chi connectivity index (χ0) is 18.7. The van der Waals surface area contributed by atoms with Crippen LogP contribution in [0, 0.1) is 11.8 Å². The smallest absolute Gasteiger partial charge is 0.237 e. The minimum absolute atomic E-state index is 0.123. The molecule has 0 saturated carbocycles. The molecular weight excluding hydrogens is 330 g/mol. The molecule has 3 heterocycles. The van der Waals surface area contributed by atoms with Gasteiger partial charge in [-0.3, -0.25) is 9.69 Å². The Morgan fingerprint density at radius 1 is 1.23 bits per heavy atom. The summed E-state index contributed by atoms with van der Waals surface area (Å²) < 4.78 is 10.8. The van der Waals surface area contributed by atoms with Crippen molar-refractivity contribution in [2.45, 2.75) is 59.2 Å². The Morgan fingerprint density at radius 2 is 2.00 bits per heavy atom. The van der Waals surface area contributed by atoms with Crippen molar-refractivity contribution >= 4 is 5.91 Å². The third-order valence-corrected chi connectivity index (χ3v) is 4.68. The van der Waals surface area contributed by atoms with E-state index in [9.17, 15) is 4.79 Å². The monoisotopic (exact) mass is 359 g/mol. The van der Waals surface area contributed by atoms with Gasteiger partial charge in [0, 0.05) is 25.2 Å². The Balaban J connectivity index is 1.75. The number of piperazine rings is 1. The molecule has 1 saturated heterocycles. The van der Waals surface area contributed by atoms with E-state index in [1.54, 1.807) is 6.26 Å². The molecule has 142 valence electrons. The van der Waals surface area contributed by atoms with Crippen molar-refractivity contribution in [2.24, 2.45) is 11.8 Å². The number of amides is 1. The van der Waals surface area contributed by atoms with E-state index in [2.05, 4.69) is 43.1 Å². The van der Waals surface area contributed by atoms with E-state index in [-0.39, 0.29) is 18.0 Å². The van der Waals surface area contributed by atoms with Gasteiger partial charge < -0.3 is 14.3 Å². The van der Waals surface area contributed by atoms with Crippen LogP contribution in [-0.4, -0.2) is 34.6 Å². The van der Waals surface area contributed by atoms with E-state index < -0.39 is 0 Å². The van der Waals surface area contributed by atoms with E-state index in [4.69, 9.17) is 8.94 Å². The molecule has 1 N–H and O–H groups in total. The van der Waals surface area contributed by atoms with Crippen LogP contribution in [0.3, 0.4) is 0 Å². The molecule has 1 amide bonds. The topological polar surface area (TPSA) is 71.5 Å². The van der Waals surface area contributed by atoms with E-state index in [0.717, 1.165) is 25.1 Å². The van der Waals surface area contributed by atoms with Crippen molar-refractivity contribution in [3.8, 4) is 11.5 Å². The highest BCUT2D eigenvalue weighted by atomic mass is 16.5. The Bertz CT molecular complexity index is 706.